The van der Waals surface area contributed by atoms with Gasteiger partial charge in [0.05, 0.1) is 13.2 Å². The Morgan fingerprint density at radius 1 is 1.29 bits per heavy atom. The van der Waals surface area contributed by atoms with Gasteiger partial charge in [0.15, 0.2) is 0 Å². The molecular formula is C17H20N2O2. The van der Waals surface area contributed by atoms with Crippen LogP contribution in [0.3, 0.4) is 0 Å². The van der Waals surface area contributed by atoms with Crippen molar-refractivity contribution < 1.29 is 4.74 Å². The Morgan fingerprint density at radius 2 is 2.14 bits per heavy atom. The van der Waals surface area contributed by atoms with Gasteiger partial charge in [-0.1, -0.05) is 0 Å². The van der Waals surface area contributed by atoms with Crippen molar-refractivity contribution >= 4 is 5.69 Å². The van der Waals surface area contributed by atoms with Gasteiger partial charge < -0.3 is 15.0 Å². The van der Waals surface area contributed by atoms with E-state index in [-0.39, 0.29) is 11.6 Å². The highest BCUT2D eigenvalue weighted by Gasteiger charge is 2.20. The molecule has 0 bridgehead atoms. The first kappa shape index (κ1) is 13.7. The van der Waals surface area contributed by atoms with Crippen LogP contribution in [0.4, 0.5) is 5.69 Å². The van der Waals surface area contributed by atoms with Crippen LogP contribution in [0, 0.1) is 6.92 Å². The molecule has 1 aliphatic carbocycles. The molecule has 0 saturated heterocycles. The number of hydrogen-bond donors (Lipinski definition) is 2. The number of aryl methyl sites for hydroxylation is 2. The topological polar surface area (TPSA) is 54.1 Å². The number of fused-ring (bicyclic) bond motifs is 1. The quantitative estimate of drug-likeness (QED) is 0.910. The van der Waals surface area contributed by atoms with Crippen molar-refractivity contribution in [1.29, 1.82) is 0 Å². The van der Waals surface area contributed by atoms with Gasteiger partial charge in [-0.2, -0.15) is 0 Å². The van der Waals surface area contributed by atoms with Crippen molar-refractivity contribution in [3.63, 3.8) is 0 Å². The maximum atomic E-state index is 11.4. The van der Waals surface area contributed by atoms with Gasteiger partial charge in [-0.15, -0.1) is 0 Å². The van der Waals surface area contributed by atoms with Crippen molar-refractivity contribution in [2.75, 3.05) is 12.4 Å². The zero-order chi connectivity index (χ0) is 14.8. The van der Waals surface area contributed by atoms with E-state index in [0.717, 1.165) is 42.0 Å². The normalized spacial score (nSPS) is 17.1. The van der Waals surface area contributed by atoms with Crippen molar-refractivity contribution in [3.8, 4) is 5.75 Å². The number of H-pyrrole nitrogens is 1. The molecule has 3 rings (SSSR count). The highest BCUT2D eigenvalue weighted by Crippen LogP contribution is 2.32. The largest absolute Gasteiger partial charge is 0.496 e. The monoisotopic (exact) mass is 284 g/mol. The lowest BCUT2D eigenvalue weighted by Crippen LogP contribution is -2.21. The van der Waals surface area contributed by atoms with E-state index in [4.69, 9.17) is 4.74 Å². The highest BCUT2D eigenvalue weighted by molar-refractivity contribution is 5.52. The first-order valence-corrected chi connectivity index (χ1v) is 7.30. The summed E-state index contributed by atoms with van der Waals surface area (Å²) in [6, 6.07) is 9.91. The minimum absolute atomic E-state index is 0.0188. The molecule has 2 aromatic rings. The van der Waals surface area contributed by atoms with E-state index in [9.17, 15) is 4.79 Å². The number of aromatic nitrogens is 1. The molecule has 0 fully saturated rings. The first-order valence-electron chi connectivity index (χ1n) is 7.30. The van der Waals surface area contributed by atoms with E-state index in [1.165, 1.54) is 5.56 Å². The Bertz CT molecular complexity index is 706. The second-order valence-electron chi connectivity index (χ2n) is 5.53. The standard InChI is InChI=1S/C17H20N2O2/c1-11-10-12(6-8-16(11)21-2)18-14-4-3-5-15-13(14)7-9-17(20)19-15/h6-10,14,18H,3-5H2,1-2H3,(H,19,20). The zero-order valence-corrected chi connectivity index (χ0v) is 12.4. The average molecular weight is 284 g/mol. The molecule has 0 spiro atoms. The fraction of sp³-hybridized carbons (Fsp3) is 0.353. The molecule has 4 nitrogen and oxygen atoms in total. The second kappa shape index (κ2) is 5.64. The Kier molecular flexibility index (Phi) is 3.69. The number of aromatic amines is 1. The SMILES string of the molecule is COc1ccc(NC2CCCc3[nH]c(=O)ccc32)cc1C. The highest BCUT2D eigenvalue weighted by atomic mass is 16.5. The van der Waals surface area contributed by atoms with E-state index < -0.39 is 0 Å². The molecule has 0 aliphatic heterocycles. The third kappa shape index (κ3) is 2.79. The van der Waals surface area contributed by atoms with E-state index in [1.807, 2.05) is 25.1 Å². The summed E-state index contributed by atoms with van der Waals surface area (Å²) in [7, 11) is 1.68. The maximum absolute atomic E-state index is 11.4. The minimum Gasteiger partial charge on any atom is -0.496 e. The number of methoxy groups -OCH3 is 1. The molecule has 4 heteroatoms. The van der Waals surface area contributed by atoms with Gasteiger partial charge >= 0.3 is 0 Å². The van der Waals surface area contributed by atoms with Crippen LogP contribution in [0.1, 0.15) is 35.7 Å². The number of anilines is 1. The minimum atomic E-state index is -0.0188. The van der Waals surface area contributed by atoms with Crippen LogP contribution in [-0.4, -0.2) is 12.1 Å². The predicted octanol–water partition coefficient (Wildman–Crippen LogP) is 3.18. The molecule has 1 atom stereocenters. The van der Waals surface area contributed by atoms with Crippen LogP contribution in [0.2, 0.25) is 0 Å². The van der Waals surface area contributed by atoms with Crippen molar-refractivity contribution in [2.45, 2.75) is 32.2 Å². The van der Waals surface area contributed by atoms with E-state index in [0.29, 0.717) is 0 Å². The van der Waals surface area contributed by atoms with Crippen molar-refractivity contribution in [1.82, 2.24) is 4.98 Å². The van der Waals surface area contributed by atoms with Crippen LogP contribution in [-0.2, 0) is 6.42 Å². The number of nitrogens with one attached hydrogen (secondary N) is 2. The van der Waals surface area contributed by atoms with E-state index in [1.54, 1.807) is 13.2 Å². The van der Waals surface area contributed by atoms with Gasteiger partial charge in [0, 0.05) is 17.4 Å². The summed E-state index contributed by atoms with van der Waals surface area (Å²) >= 11 is 0. The molecule has 110 valence electrons. The molecule has 0 saturated carbocycles. The average Bonchev–Trinajstić information content (AvgIpc) is 2.47. The molecular weight excluding hydrogens is 264 g/mol. The fourth-order valence-electron chi connectivity index (χ4n) is 3.02. The fourth-order valence-corrected chi connectivity index (χ4v) is 3.02. The molecule has 1 heterocycles. The molecule has 0 amide bonds. The van der Waals surface area contributed by atoms with Gasteiger partial charge in [0.2, 0.25) is 5.56 Å². The van der Waals surface area contributed by atoms with Crippen LogP contribution in [0.5, 0.6) is 5.75 Å². The zero-order valence-electron chi connectivity index (χ0n) is 12.4. The molecule has 21 heavy (non-hydrogen) atoms. The molecule has 0 radical (unpaired) electrons. The van der Waals surface area contributed by atoms with Crippen LogP contribution in [0.15, 0.2) is 35.1 Å². The molecule has 1 aromatic heterocycles. The van der Waals surface area contributed by atoms with Crippen molar-refractivity contribution in [2.24, 2.45) is 0 Å². The van der Waals surface area contributed by atoms with Gasteiger partial charge in [0.1, 0.15) is 5.75 Å². The first-order chi connectivity index (χ1) is 10.2. The lowest BCUT2D eigenvalue weighted by Gasteiger charge is -2.27. The Morgan fingerprint density at radius 3 is 2.90 bits per heavy atom. The molecule has 1 unspecified atom stereocenters. The third-order valence-electron chi connectivity index (χ3n) is 4.07. The smallest absolute Gasteiger partial charge is 0.248 e. The van der Waals surface area contributed by atoms with Crippen LogP contribution >= 0.6 is 0 Å². The van der Waals surface area contributed by atoms with Crippen molar-refractivity contribution in [3.05, 3.63) is 57.5 Å². The summed E-state index contributed by atoms with van der Waals surface area (Å²) in [4.78, 5) is 14.4. The van der Waals surface area contributed by atoms with E-state index in [2.05, 4.69) is 16.4 Å². The summed E-state index contributed by atoms with van der Waals surface area (Å²) in [5.74, 6) is 0.897. The van der Waals surface area contributed by atoms with Gasteiger partial charge in [-0.3, -0.25) is 4.79 Å². The molecule has 1 aliphatic rings. The second-order valence-corrected chi connectivity index (χ2v) is 5.53. The number of benzene rings is 1. The lowest BCUT2D eigenvalue weighted by atomic mass is 9.91. The van der Waals surface area contributed by atoms with Gasteiger partial charge in [-0.05, 0) is 61.6 Å². The molecule has 1 aromatic carbocycles. The van der Waals surface area contributed by atoms with Gasteiger partial charge in [0.25, 0.3) is 0 Å². The lowest BCUT2D eigenvalue weighted by molar-refractivity contribution is 0.411. The Labute approximate surface area is 124 Å². The Balaban J connectivity index is 1.86. The summed E-state index contributed by atoms with van der Waals surface area (Å²) < 4.78 is 5.29. The summed E-state index contributed by atoms with van der Waals surface area (Å²) in [6.45, 7) is 2.04. The third-order valence-corrected chi connectivity index (χ3v) is 4.07. The van der Waals surface area contributed by atoms with Gasteiger partial charge in [-0.25, -0.2) is 0 Å². The van der Waals surface area contributed by atoms with E-state index >= 15 is 0 Å². The number of pyridine rings is 1. The van der Waals surface area contributed by atoms with Crippen LogP contribution < -0.4 is 15.6 Å². The number of ether oxygens (including phenoxy) is 1. The summed E-state index contributed by atoms with van der Waals surface area (Å²) in [6.07, 6.45) is 3.11. The summed E-state index contributed by atoms with van der Waals surface area (Å²) in [5.41, 5.74) is 4.44. The Hall–Kier alpha value is -2.23. The maximum Gasteiger partial charge on any atom is 0.248 e. The predicted molar refractivity (Wildman–Crippen MR) is 84.1 cm³/mol. The number of rotatable bonds is 3. The van der Waals surface area contributed by atoms with Crippen LogP contribution in [0.25, 0.3) is 0 Å². The summed E-state index contributed by atoms with van der Waals surface area (Å²) in [5, 5.41) is 3.57. The molecule has 2 N–H and O–H groups in total. The number of hydrogen-bond acceptors (Lipinski definition) is 3.